The van der Waals surface area contributed by atoms with Crippen LogP contribution in [0, 0.1) is 11.8 Å². The van der Waals surface area contributed by atoms with Crippen LogP contribution in [-0.2, 0) is 13.1 Å². The zero-order valence-corrected chi connectivity index (χ0v) is 14.3. The molecule has 0 radical (unpaired) electrons. The summed E-state index contributed by atoms with van der Waals surface area (Å²) < 4.78 is 5.24. The van der Waals surface area contributed by atoms with E-state index in [2.05, 4.69) is 51.2 Å². The predicted molar refractivity (Wildman–Crippen MR) is 94.8 cm³/mol. The van der Waals surface area contributed by atoms with Gasteiger partial charge in [0.1, 0.15) is 5.75 Å². The highest BCUT2D eigenvalue weighted by Crippen LogP contribution is 2.32. The molecule has 2 fully saturated rings. The Labute approximate surface area is 144 Å². The average molecular weight is 323 g/mol. The number of pyridine rings is 1. The lowest BCUT2D eigenvalue weighted by Gasteiger charge is -2.21. The quantitative estimate of drug-likeness (QED) is 0.846. The van der Waals surface area contributed by atoms with Gasteiger partial charge in [0.2, 0.25) is 0 Å². The minimum atomic E-state index is 0.812. The van der Waals surface area contributed by atoms with Crippen molar-refractivity contribution in [1.29, 1.82) is 0 Å². The van der Waals surface area contributed by atoms with E-state index in [1.54, 1.807) is 7.11 Å². The van der Waals surface area contributed by atoms with Crippen molar-refractivity contribution in [3.05, 3.63) is 59.9 Å². The molecule has 0 N–H and O–H groups in total. The molecule has 2 aliphatic rings. The number of benzene rings is 1. The number of nitrogens with zero attached hydrogens (tertiary/aromatic N) is 3. The van der Waals surface area contributed by atoms with Crippen LogP contribution in [-0.4, -0.2) is 48.1 Å². The molecule has 0 spiro atoms. The SMILES string of the molecule is COc1ccc(CN2C[C@@H]3CN(Cc4ccccn4)C[C@@H]3C2)cc1. The molecule has 0 bridgehead atoms. The Bertz CT molecular complexity index is 644. The van der Waals surface area contributed by atoms with E-state index < -0.39 is 0 Å². The van der Waals surface area contributed by atoms with Gasteiger partial charge in [-0.2, -0.15) is 0 Å². The molecule has 24 heavy (non-hydrogen) atoms. The van der Waals surface area contributed by atoms with Crippen molar-refractivity contribution >= 4 is 0 Å². The molecular formula is C20H25N3O. The number of aromatic nitrogens is 1. The van der Waals surface area contributed by atoms with Gasteiger partial charge in [0.25, 0.3) is 0 Å². The molecule has 4 nitrogen and oxygen atoms in total. The van der Waals surface area contributed by atoms with Gasteiger partial charge in [-0.3, -0.25) is 14.8 Å². The van der Waals surface area contributed by atoms with Gasteiger partial charge in [0.15, 0.2) is 0 Å². The molecular weight excluding hydrogens is 298 g/mol. The maximum Gasteiger partial charge on any atom is 0.118 e. The van der Waals surface area contributed by atoms with Crippen molar-refractivity contribution in [1.82, 2.24) is 14.8 Å². The van der Waals surface area contributed by atoms with Crippen LogP contribution in [0.1, 0.15) is 11.3 Å². The maximum absolute atomic E-state index is 5.24. The second-order valence-corrected chi connectivity index (χ2v) is 7.08. The van der Waals surface area contributed by atoms with Crippen molar-refractivity contribution in [3.63, 3.8) is 0 Å². The highest BCUT2D eigenvalue weighted by atomic mass is 16.5. The predicted octanol–water partition coefficient (Wildman–Crippen LogP) is 2.65. The lowest BCUT2D eigenvalue weighted by atomic mass is 10.0. The molecule has 0 amide bonds. The first-order valence-electron chi connectivity index (χ1n) is 8.78. The van der Waals surface area contributed by atoms with Gasteiger partial charge >= 0.3 is 0 Å². The first-order valence-corrected chi connectivity index (χ1v) is 8.78. The highest BCUT2D eigenvalue weighted by Gasteiger charge is 2.39. The van der Waals surface area contributed by atoms with E-state index in [9.17, 15) is 0 Å². The number of fused-ring (bicyclic) bond motifs is 1. The van der Waals surface area contributed by atoms with Crippen molar-refractivity contribution < 1.29 is 4.74 Å². The van der Waals surface area contributed by atoms with E-state index in [4.69, 9.17) is 4.74 Å². The van der Waals surface area contributed by atoms with Gasteiger partial charge in [-0.25, -0.2) is 0 Å². The average Bonchev–Trinajstić information content (AvgIpc) is 3.14. The molecule has 2 aliphatic heterocycles. The Morgan fingerprint density at radius 1 is 0.917 bits per heavy atom. The van der Waals surface area contributed by atoms with Gasteiger partial charge in [0.05, 0.1) is 12.8 Å². The minimum Gasteiger partial charge on any atom is -0.497 e. The second kappa shape index (κ2) is 6.91. The van der Waals surface area contributed by atoms with Crippen molar-refractivity contribution in [2.75, 3.05) is 33.3 Å². The number of hydrogen-bond acceptors (Lipinski definition) is 4. The van der Waals surface area contributed by atoms with Gasteiger partial charge in [-0.1, -0.05) is 18.2 Å². The van der Waals surface area contributed by atoms with E-state index >= 15 is 0 Å². The summed E-state index contributed by atoms with van der Waals surface area (Å²) in [7, 11) is 1.72. The summed E-state index contributed by atoms with van der Waals surface area (Å²) in [5, 5.41) is 0. The molecule has 126 valence electrons. The summed E-state index contributed by atoms with van der Waals surface area (Å²) in [6.45, 7) is 6.90. The van der Waals surface area contributed by atoms with E-state index in [-0.39, 0.29) is 0 Å². The Hall–Kier alpha value is -1.91. The largest absolute Gasteiger partial charge is 0.497 e. The van der Waals surface area contributed by atoms with Gasteiger partial charge < -0.3 is 4.74 Å². The van der Waals surface area contributed by atoms with Crippen LogP contribution in [0.4, 0.5) is 0 Å². The van der Waals surface area contributed by atoms with Crippen LogP contribution in [0.2, 0.25) is 0 Å². The number of likely N-dealkylation sites (tertiary alicyclic amines) is 2. The first-order chi connectivity index (χ1) is 11.8. The molecule has 0 saturated carbocycles. The van der Waals surface area contributed by atoms with Crippen LogP contribution < -0.4 is 4.74 Å². The van der Waals surface area contributed by atoms with E-state index in [1.165, 1.54) is 37.4 Å². The number of ether oxygens (including phenoxy) is 1. The maximum atomic E-state index is 5.24. The molecule has 2 atom stereocenters. The molecule has 1 aromatic heterocycles. The zero-order valence-electron chi connectivity index (χ0n) is 14.3. The fourth-order valence-electron chi connectivity index (χ4n) is 4.16. The second-order valence-electron chi connectivity index (χ2n) is 7.08. The monoisotopic (exact) mass is 323 g/mol. The normalized spacial score (nSPS) is 24.2. The molecule has 4 rings (SSSR count). The van der Waals surface area contributed by atoms with Crippen LogP contribution in [0.15, 0.2) is 48.7 Å². The Morgan fingerprint density at radius 2 is 1.58 bits per heavy atom. The highest BCUT2D eigenvalue weighted by molar-refractivity contribution is 5.27. The molecule has 0 aliphatic carbocycles. The van der Waals surface area contributed by atoms with Crippen LogP contribution in [0.25, 0.3) is 0 Å². The lowest BCUT2D eigenvalue weighted by molar-refractivity contribution is 0.245. The minimum absolute atomic E-state index is 0.812. The number of hydrogen-bond donors (Lipinski definition) is 0. The summed E-state index contributed by atoms with van der Waals surface area (Å²) >= 11 is 0. The Kier molecular flexibility index (Phi) is 4.50. The third-order valence-electron chi connectivity index (χ3n) is 5.31. The number of rotatable bonds is 5. The van der Waals surface area contributed by atoms with Crippen LogP contribution >= 0.6 is 0 Å². The van der Waals surface area contributed by atoms with E-state index in [0.29, 0.717) is 0 Å². The molecule has 3 heterocycles. The summed E-state index contributed by atoms with van der Waals surface area (Å²) in [5.41, 5.74) is 2.56. The van der Waals surface area contributed by atoms with Crippen molar-refractivity contribution in [3.8, 4) is 5.75 Å². The van der Waals surface area contributed by atoms with Crippen LogP contribution in [0.3, 0.4) is 0 Å². The smallest absolute Gasteiger partial charge is 0.118 e. The molecule has 2 saturated heterocycles. The standard InChI is InChI=1S/C20H25N3O/c1-24-20-7-5-16(6-8-20)10-22-11-17-13-23(14-18(17)12-22)15-19-4-2-3-9-21-19/h2-9,17-18H,10-15H2,1H3/t17-,18+. The van der Waals surface area contributed by atoms with Gasteiger partial charge in [0, 0.05) is 45.5 Å². The van der Waals surface area contributed by atoms with Crippen LogP contribution in [0.5, 0.6) is 5.75 Å². The summed E-state index contributed by atoms with van der Waals surface area (Å²) in [4.78, 5) is 9.64. The fraction of sp³-hybridized carbons (Fsp3) is 0.450. The van der Waals surface area contributed by atoms with E-state index in [1.807, 2.05) is 12.3 Å². The third kappa shape index (κ3) is 3.45. The molecule has 1 aromatic carbocycles. The number of methoxy groups -OCH3 is 1. The van der Waals surface area contributed by atoms with Crippen molar-refractivity contribution in [2.24, 2.45) is 11.8 Å². The van der Waals surface area contributed by atoms with E-state index in [0.717, 1.165) is 30.7 Å². The fourth-order valence-corrected chi connectivity index (χ4v) is 4.16. The molecule has 2 aromatic rings. The summed E-state index contributed by atoms with van der Waals surface area (Å²) in [6, 6.07) is 14.7. The third-order valence-corrected chi connectivity index (χ3v) is 5.31. The first kappa shape index (κ1) is 15.6. The van der Waals surface area contributed by atoms with Gasteiger partial charge in [-0.15, -0.1) is 0 Å². The Morgan fingerprint density at radius 3 is 2.17 bits per heavy atom. The topological polar surface area (TPSA) is 28.6 Å². The summed E-state index contributed by atoms with van der Waals surface area (Å²) in [5.74, 6) is 2.56. The lowest BCUT2D eigenvalue weighted by Crippen LogP contribution is -2.28. The zero-order chi connectivity index (χ0) is 16.4. The molecule has 0 unspecified atom stereocenters. The molecule has 4 heteroatoms. The summed E-state index contributed by atoms with van der Waals surface area (Å²) in [6.07, 6.45) is 1.89. The van der Waals surface area contributed by atoms with Crippen molar-refractivity contribution in [2.45, 2.75) is 13.1 Å². The van der Waals surface area contributed by atoms with Gasteiger partial charge in [-0.05, 0) is 41.7 Å². The Balaban J connectivity index is 1.29.